The molecule has 0 bridgehead atoms. The normalized spacial score (nSPS) is 12.1. The molecule has 0 aliphatic rings. The molecule has 0 aliphatic heterocycles. The second kappa shape index (κ2) is 7.09. The fraction of sp³-hybridized carbons (Fsp3) is 0.263. The van der Waals surface area contributed by atoms with Gasteiger partial charge in [0.2, 0.25) is 0 Å². The highest BCUT2D eigenvalue weighted by atomic mass is 79.9. The largest absolute Gasteiger partial charge is 0.271 e. The Labute approximate surface area is 145 Å². The molecule has 23 heavy (non-hydrogen) atoms. The molecule has 3 nitrogen and oxygen atoms in total. The maximum Gasteiger partial charge on any atom is 0.271 e. The van der Waals surface area contributed by atoms with Gasteiger partial charge in [0.15, 0.2) is 0 Å². The van der Waals surface area contributed by atoms with Gasteiger partial charge in [-0.2, -0.15) is 5.10 Å². The van der Waals surface area contributed by atoms with Gasteiger partial charge in [-0.3, -0.25) is 4.79 Å². The maximum absolute atomic E-state index is 12.2. The number of hydrogen-bond donors (Lipinski definition) is 1. The Kier molecular flexibility index (Phi) is 5.37. The van der Waals surface area contributed by atoms with Gasteiger partial charge < -0.3 is 0 Å². The lowest BCUT2D eigenvalue weighted by Crippen LogP contribution is -2.20. The molecule has 0 aliphatic carbocycles. The van der Waals surface area contributed by atoms with Crippen LogP contribution in [0.4, 0.5) is 0 Å². The Bertz CT molecular complexity index is 728. The van der Waals surface area contributed by atoms with Gasteiger partial charge >= 0.3 is 0 Å². The second-order valence-electron chi connectivity index (χ2n) is 6.48. The second-order valence-corrected chi connectivity index (χ2v) is 7.39. The summed E-state index contributed by atoms with van der Waals surface area (Å²) in [6, 6.07) is 15.4. The average molecular weight is 373 g/mol. The number of hydrogen-bond acceptors (Lipinski definition) is 2. The predicted octanol–water partition coefficient (Wildman–Crippen LogP) is 4.90. The van der Waals surface area contributed by atoms with Crippen LogP contribution in [0.15, 0.2) is 58.1 Å². The van der Waals surface area contributed by atoms with Crippen molar-refractivity contribution in [2.75, 3.05) is 0 Å². The van der Waals surface area contributed by atoms with Crippen molar-refractivity contribution in [3.8, 4) is 0 Å². The van der Waals surface area contributed by atoms with Crippen molar-refractivity contribution >= 4 is 27.5 Å². The van der Waals surface area contributed by atoms with Crippen LogP contribution in [0.2, 0.25) is 0 Å². The van der Waals surface area contributed by atoms with E-state index in [-0.39, 0.29) is 11.3 Å². The zero-order valence-corrected chi connectivity index (χ0v) is 15.4. The third-order valence-corrected chi connectivity index (χ3v) is 4.07. The smallest absolute Gasteiger partial charge is 0.267 e. The van der Waals surface area contributed by atoms with Gasteiger partial charge in [0, 0.05) is 10.0 Å². The third-order valence-electron chi connectivity index (χ3n) is 3.58. The van der Waals surface area contributed by atoms with Crippen LogP contribution in [-0.2, 0) is 5.41 Å². The Morgan fingerprint density at radius 2 is 1.70 bits per heavy atom. The zero-order valence-electron chi connectivity index (χ0n) is 13.9. The number of amides is 1. The number of carbonyl (C=O) groups is 1. The summed E-state index contributed by atoms with van der Waals surface area (Å²) in [6.45, 7) is 8.31. The van der Waals surface area contributed by atoms with Crippen LogP contribution in [0.1, 0.15) is 49.2 Å². The molecule has 0 saturated heterocycles. The van der Waals surface area contributed by atoms with Crippen LogP contribution >= 0.6 is 15.9 Å². The minimum Gasteiger partial charge on any atom is -0.267 e. The molecule has 2 rings (SSSR count). The lowest BCUT2D eigenvalue weighted by molar-refractivity contribution is 0.0955. The summed E-state index contributed by atoms with van der Waals surface area (Å²) in [5, 5.41) is 4.18. The van der Waals surface area contributed by atoms with E-state index in [0.29, 0.717) is 5.56 Å². The molecule has 1 amide bonds. The van der Waals surface area contributed by atoms with Crippen LogP contribution in [0, 0.1) is 0 Å². The third kappa shape index (κ3) is 4.76. The van der Waals surface area contributed by atoms with Crippen molar-refractivity contribution in [1.29, 1.82) is 0 Å². The van der Waals surface area contributed by atoms with Gasteiger partial charge in [0.05, 0.1) is 5.71 Å². The minimum absolute atomic E-state index is 0.0739. The van der Waals surface area contributed by atoms with E-state index in [2.05, 4.69) is 47.2 Å². The van der Waals surface area contributed by atoms with E-state index in [1.807, 2.05) is 55.5 Å². The number of halogens is 1. The van der Waals surface area contributed by atoms with Crippen LogP contribution < -0.4 is 5.43 Å². The molecule has 0 aromatic heterocycles. The van der Waals surface area contributed by atoms with Crippen LogP contribution in [0.25, 0.3) is 0 Å². The highest BCUT2D eigenvalue weighted by Gasteiger charge is 2.14. The maximum atomic E-state index is 12.2. The summed E-state index contributed by atoms with van der Waals surface area (Å²) in [5.74, 6) is -0.209. The van der Waals surface area contributed by atoms with Crippen molar-refractivity contribution in [2.24, 2.45) is 5.10 Å². The molecule has 4 heteroatoms. The number of nitrogens with one attached hydrogen (secondary N) is 1. The Morgan fingerprint density at radius 1 is 1.04 bits per heavy atom. The van der Waals surface area contributed by atoms with E-state index < -0.39 is 0 Å². The summed E-state index contributed by atoms with van der Waals surface area (Å²) < 4.78 is 0.980. The topological polar surface area (TPSA) is 41.5 Å². The quantitative estimate of drug-likeness (QED) is 0.603. The van der Waals surface area contributed by atoms with Crippen LogP contribution in [0.5, 0.6) is 0 Å². The first-order valence-electron chi connectivity index (χ1n) is 7.48. The van der Waals surface area contributed by atoms with E-state index in [9.17, 15) is 4.79 Å². The first kappa shape index (κ1) is 17.4. The standard InChI is InChI=1S/C19H21BrN2O/c1-13(15-6-5-7-17(20)12-15)21-22-18(23)14-8-10-16(11-9-14)19(2,3)4/h5-12H,1-4H3,(H,22,23). The average Bonchev–Trinajstić information content (AvgIpc) is 2.51. The predicted molar refractivity (Wildman–Crippen MR) is 99.0 cm³/mol. The summed E-state index contributed by atoms with van der Waals surface area (Å²) in [7, 11) is 0. The van der Waals surface area contributed by atoms with E-state index in [1.165, 1.54) is 5.56 Å². The molecule has 0 saturated carbocycles. The molecule has 2 aromatic rings. The van der Waals surface area contributed by atoms with Gasteiger partial charge in [-0.05, 0) is 47.7 Å². The van der Waals surface area contributed by atoms with E-state index in [1.54, 1.807) is 0 Å². The van der Waals surface area contributed by atoms with Crippen molar-refractivity contribution in [2.45, 2.75) is 33.1 Å². The van der Waals surface area contributed by atoms with Gasteiger partial charge in [-0.1, -0.05) is 61.0 Å². The van der Waals surface area contributed by atoms with Crippen molar-refractivity contribution in [1.82, 2.24) is 5.43 Å². The molecule has 0 unspecified atom stereocenters. The van der Waals surface area contributed by atoms with Gasteiger partial charge in [-0.25, -0.2) is 5.43 Å². The molecule has 0 heterocycles. The lowest BCUT2D eigenvalue weighted by atomic mass is 9.87. The summed E-state index contributed by atoms with van der Waals surface area (Å²) in [4.78, 5) is 12.2. The van der Waals surface area contributed by atoms with Gasteiger partial charge in [-0.15, -0.1) is 0 Å². The van der Waals surface area contributed by atoms with E-state index in [0.717, 1.165) is 15.7 Å². The fourth-order valence-corrected chi connectivity index (χ4v) is 2.50. The number of benzene rings is 2. The Balaban J connectivity index is 2.08. The summed E-state index contributed by atoms with van der Waals surface area (Å²) >= 11 is 3.43. The lowest BCUT2D eigenvalue weighted by Gasteiger charge is -2.18. The molecule has 0 radical (unpaired) electrons. The number of carbonyl (C=O) groups excluding carboxylic acids is 1. The summed E-state index contributed by atoms with van der Waals surface area (Å²) in [6.07, 6.45) is 0. The molecule has 120 valence electrons. The monoisotopic (exact) mass is 372 g/mol. The van der Waals surface area contributed by atoms with Crippen molar-refractivity contribution in [3.05, 3.63) is 69.7 Å². The first-order chi connectivity index (χ1) is 10.8. The Hall–Kier alpha value is -1.94. The van der Waals surface area contributed by atoms with E-state index >= 15 is 0 Å². The molecule has 2 aromatic carbocycles. The molecular weight excluding hydrogens is 352 g/mol. The highest BCUT2D eigenvalue weighted by molar-refractivity contribution is 9.10. The molecule has 0 fully saturated rings. The minimum atomic E-state index is -0.209. The number of hydrazone groups is 1. The zero-order chi connectivity index (χ0) is 17.0. The molecule has 1 N–H and O–H groups in total. The molecular formula is C19H21BrN2O. The van der Waals surface area contributed by atoms with Crippen LogP contribution in [0.3, 0.4) is 0 Å². The highest BCUT2D eigenvalue weighted by Crippen LogP contribution is 2.22. The van der Waals surface area contributed by atoms with Crippen LogP contribution in [-0.4, -0.2) is 11.6 Å². The first-order valence-corrected chi connectivity index (χ1v) is 8.28. The SMILES string of the molecule is CC(=NNC(=O)c1ccc(C(C)(C)C)cc1)c1cccc(Br)c1. The van der Waals surface area contributed by atoms with Gasteiger partial charge in [0.25, 0.3) is 5.91 Å². The van der Waals surface area contributed by atoms with E-state index in [4.69, 9.17) is 0 Å². The van der Waals surface area contributed by atoms with Gasteiger partial charge in [0.1, 0.15) is 0 Å². The summed E-state index contributed by atoms with van der Waals surface area (Å²) in [5.41, 5.74) is 6.20. The fourth-order valence-electron chi connectivity index (χ4n) is 2.10. The molecule has 0 atom stereocenters. The Morgan fingerprint density at radius 3 is 2.26 bits per heavy atom. The molecule has 0 spiro atoms. The van der Waals surface area contributed by atoms with Crippen molar-refractivity contribution in [3.63, 3.8) is 0 Å². The number of nitrogens with zero attached hydrogens (tertiary/aromatic N) is 1. The number of rotatable bonds is 3. The van der Waals surface area contributed by atoms with Crippen molar-refractivity contribution < 1.29 is 4.79 Å².